The minimum absolute atomic E-state index is 0.0977. The van der Waals surface area contributed by atoms with Gasteiger partial charge in [-0.25, -0.2) is 9.48 Å². The van der Waals surface area contributed by atoms with Crippen LogP contribution in [0.25, 0.3) is 27.7 Å². The Kier molecular flexibility index (Phi) is 5.30. The van der Waals surface area contributed by atoms with Gasteiger partial charge in [-0.2, -0.15) is 5.10 Å². The summed E-state index contributed by atoms with van der Waals surface area (Å²) in [5.41, 5.74) is 2.23. The summed E-state index contributed by atoms with van der Waals surface area (Å²) < 4.78 is 1.05. The first-order chi connectivity index (χ1) is 15.9. The summed E-state index contributed by atoms with van der Waals surface area (Å²) in [7, 11) is 0. The van der Waals surface area contributed by atoms with Crippen LogP contribution < -0.4 is 10.5 Å². The van der Waals surface area contributed by atoms with E-state index in [4.69, 9.17) is 16.7 Å². The fraction of sp³-hybridized carbons (Fsp3) is 0.208. The molecule has 2 aromatic carbocycles. The second-order valence-electron chi connectivity index (χ2n) is 8.10. The van der Waals surface area contributed by atoms with Crippen molar-refractivity contribution in [2.24, 2.45) is 0 Å². The van der Waals surface area contributed by atoms with Gasteiger partial charge in [-0.1, -0.05) is 23.7 Å². The van der Waals surface area contributed by atoms with Crippen LogP contribution in [0.1, 0.15) is 29.6 Å². The number of rotatable bonds is 4. The van der Waals surface area contributed by atoms with Crippen LogP contribution in [-0.2, 0) is 0 Å². The first-order valence-corrected chi connectivity index (χ1v) is 11.0. The van der Waals surface area contributed by atoms with Crippen LogP contribution in [0.3, 0.4) is 0 Å². The predicted molar refractivity (Wildman–Crippen MR) is 127 cm³/mol. The summed E-state index contributed by atoms with van der Waals surface area (Å²) in [6, 6.07) is 11.4. The van der Waals surface area contributed by atoms with Crippen molar-refractivity contribution in [1.29, 1.82) is 0 Å². The van der Waals surface area contributed by atoms with E-state index in [1.807, 2.05) is 12.1 Å². The van der Waals surface area contributed by atoms with Crippen LogP contribution in [0.15, 0.2) is 53.6 Å². The molecule has 0 radical (unpaired) electrons. The number of benzene rings is 2. The van der Waals surface area contributed by atoms with Gasteiger partial charge in [-0.05, 0) is 49.1 Å². The van der Waals surface area contributed by atoms with E-state index in [0.29, 0.717) is 21.5 Å². The van der Waals surface area contributed by atoms with Gasteiger partial charge in [0.05, 0.1) is 22.3 Å². The summed E-state index contributed by atoms with van der Waals surface area (Å²) >= 11 is 6.53. The van der Waals surface area contributed by atoms with E-state index >= 15 is 0 Å². The maximum Gasteiger partial charge on any atom is 0.338 e. The number of pyridine rings is 1. The zero-order valence-electron chi connectivity index (χ0n) is 17.6. The number of aromatic amines is 1. The number of H-pyrrole nitrogens is 1. The number of carboxylic acids is 1. The summed E-state index contributed by atoms with van der Waals surface area (Å²) in [5, 5.41) is 24.8. The minimum atomic E-state index is -1.18. The number of nitrogens with zero attached hydrogens (tertiary/aromatic N) is 3. The molecule has 5 rings (SSSR count). The van der Waals surface area contributed by atoms with Crippen LogP contribution >= 0.6 is 11.6 Å². The van der Waals surface area contributed by atoms with Gasteiger partial charge in [-0.15, -0.1) is 0 Å². The van der Waals surface area contributed by atoms with Gasteiger partial charge >= 0.3 is 5.97 Å². The average Bonchev–Trinajstić information content (AvgIpc) is 3.30. The molecule has 1 aliphatic rings. The third kappa shape index (κ3) is 3.82. The lowest BCUT2D eigenvalue weighted by Crippen LogP contribution is -2.29. The lowest BCUT2D eigenvalue weighted by molar-refractivity contribution is 0.0697. The van der Waals surface area contributed by atoms with E-state index in [2.05, 4.69) is 27.1 Å². The highest BCUT2D eigenvalue weighted by Crippen LogP contribution is 2.36. The smallest absolute Gasteiger partial charge is 0.338 e. The average molecular weight is 465 g/mol. The highest BCUT2D eigenvalue weighted by molar-refractivity contribution is 6.34. The zero-order chi connectivity index (χ0) is 23.1. The molecule has 168 valence electrons. The number of hydrogen-bond acceptors (Lipinski definition) is 5. The maximum absolute atomic E-state index is 12.6. The van der Waals surface area contributed by atoms with Gasteiger partial charge in [0, 0.05) is 35.9 Å². The normalized spacial score (nSPS) is 14.0. The molecule has 0 bridgehead atoms. The number of fused-ring (bicyclic) bond motifs is 1. The molecule has 1 aliphatic heterocycles. The first-order valence-electron chi connectivity index (χ1n) is 10.6. The van der Waals surface area contributed by atoms with Crippen LogP contribution in [0.5, 0.6) is 5.75 Å². The van der Waals surface area contributed by atoms with Gasteiger partial charge < -0.3 is 20.1 Å². The molecule has 0 saturated carbocycles. The molecular weight excluding hydrogens is 444 g/mol. The zero-order valence-corrected chi connectivity index (χ0v) is 18.3. The summed E-state index contributed by atoms with van der Waals surface area (Å²) in [6.45, 7) is 2.11. The monoisotopic (exact) mass is 464 g/mol. The fourth-order valence-corrected chi connectivity index (χ4v) is 4.56. The second kappa shape index (κ2) is 8.29. The summed E-state index contributed by atoms with van der Waals surface area (Å²) in [6.07, 6.45) is 5.95. The molecule has 0 aliphatic carbocycles. The number of carbonyl (C=O) groups is 1. The van der Waals surface area contributed by atoms with Gasteiger partial charge in [0.1, 0.15) is 0 Å². The summed E-state index contributed by atoms with van der Waals surface area (Å²) in [4.78, 5) is 28.8. The largest absolute Gasteiger partial charge is 0.505 e. The Morgan fingerprint density at radius 1 is 1.09 bits per heavy atom. The minimum Gasteiger partial charge on any atom is -0.505 e. The van der Waals surface area contributed by atoms with E-state index in [9.17, 15) is 14.7 Å². The molecule has 4 aromatic rings. The molecule has 3 heterocycles. The van der Waals surface area contributed by atoms with Gasteiger partial charge in [-0.3, -0.25) is 4.79 Å². The topological polar surface area (TPSA) is 111 Å². The van der Waals surface area contributed by atoms with Crippen molar-refractivity contribution in [2.75, 3.05) is 18.0 Å². The number of aromatic nitrogens is 3. The third-order valence-corrected chi connectivity index (χ3v) is 6.32. The molecule has 8 nitrogen and oxygen atoms in total. The number of carboxylic acid groups (broad SMARTS) is 1. The van der Waals surface area contributed by atoms with E-state index in [-0.39, 0.29) is 17.0 Å². The van der Waals surface area contributed by atoms with Crippen molar-refractivity contribution in [1.82, 2.24) is 14.8 Å². The number of aromatic hydroxyl groups is 1. The maximum atomic E-state index is 12.6. The Labute approximate surface area is 193 Å². The van der Waals surface area contributed by atoms with Crippen molar-refractivity contribution in [3.63, 3.8) is 0 Å². The molecule has 1 saturated heterocycles. The quantitative estimate of drug-likeness (QED) is 0.412. The van der Waals surface area contributed by atoms with Crippen LogP contribution in [0.4, 0.5) is 5.69 Å². The third-order valence-electron chi connectivity index (χ3n) is 6.01. The molecule has 9 heteroatoms. The van der Waals surface area contributed by atoms with Gasteiger partial charge in [0.25, 0.3) is 5.56 Å². The lowest BCUT2D eigenvalue weighted by Gasteiger charge is -2.28. The second-order valence-corrected chi connectivity index (χ2v) is 8.51. The first kappa shape index (κ1) is 21.1. The molecule has 1 fully saturated rings. The Hall–Kier alpha value is -3.78. The fourth-order valence-electron chi connectivity index (χ4n) is 4.28. The van der Waals surface area contributed by atoms with Crippen LogP contribution in [-0.4, -0.2) is 44.0 Å². The van der Waals surface area contributed by atoms with E-state index in [1.54, 1.807) is 12.1 Å². The van der Waals surface area contributed by atoms with Gasteiger partial charge in [0.2, 0.25) is 0 Å². The van der Waals surface area contributed by atoms with Gasteiger partial charge in [0.15, 0.2) is 11.4 Å². The standard InChI is InChI=1S/C24H21ClN4O4/c25-19-11-20-18(22(30)21(23(31)27-20)29-13-15(12-26-29)24(32)33)10-17(19)14-4-6-16(7-5-14)28-8-2-1-3-9-28/h4-7,10-13H,1-3,8-9H2,(H,32,33)(H2,27,30,31). The highest BCUT2D eigenvalue weighted by atomic mass is 35.5. The Morgan fingerprint density at radius 2 is 1.82 bits per heavy atom. The lowest BCUT2D eigenvalue weighted by atomic mass is 10.0. The van der Waals surface area contributed by atoms with Crippen molar-refractivity contribution in [2.45, 2.75) is 19.3 Å². The number of halogens is 1. The van der Waals surface area contributed by atoms with Crippen molar-refractivity contribution in [3.8, 4) is 22.6 Å². The SMILES string of the molecule is O=C(O)c1cnn(-c2c(O)c3cc(-c4ccc(N5CCCCC5)cc4)c(Cl)cc3[nH]c2=O)c1. The number of anilines is 1. The van der Waals surface area contributed by atoms with E-state index < -0.39 is 11.5 Å². The number of nitrogens with one attached hydrogen (secondary N) is 1. The summed E-state index contributed by atoms with van der Waals surface area (Å²) in [5.74, 6) is -1.49. The Balaban J connectivity index is 1.58. The Morgan fingerprint density at radius 3 is 2.48 bits per heavy atom. The van der Waals surface area contributed by atoms with E-state index in [0.717, 1.165) is 35.2 Å². The predicted octanol–water partition coefficient (Wildman–Crippen LogP) is 4.43. The number of hydrogen-bond donors (Lipinski definition) is 3. The van der Waals surface area contributed by atoms with Crippen molar-refractivity contribution < 1.29 is 15.0 Å². The van der Waals surface area contributed by atoms with Crippen LogP contribution in [0.2, 0.25) is 5.02 Å². The molecule has 33 heavy (non-hydrogen) atoms. The highest BCUT2D eigenvalue weighted by Gasteiger charge is 2.19. The molecule has 0 amide bonds. The molecular formula is C24H21ClN4O4. The van der Waals surface area contributed by atoms with Crippen molar-refractivity contribution >= 4 is 34.2 Å². The molecule has 0 spiro atoms. The molecule has 2 aromatic heterocycles. The molecule has 0 unspecified atom stereocenters. The van der Waals surface area contributed by atoms with Crippen molar-refractivity contribution in [3.05, 3.63) is 69.7 Å². The molecule has 0 atom stereocenters. The number of aromatic carboxylic acids is 1. The van der Waals surface area contributed by atoms with Crippen LogP contribution in [0, 0.1) is 0 Å². The number of piperidine rings is 1. The molecule has 3 N–H and O–H groups in total. The van der Waals surface area contributed by atoms with E-state index in [1.165, 1.54) is 25.5 Å². The Bertz CT molecular complexity index is 1420.